The summed E-state index contributed by atoms with van der Waals surface area (Å²) in [7, 11) is 1.71. The van der Waals surface area contributed by atoms with Gasteiger partial charge in [0.25, 0.3) is 0 Å². The minimum Gasteiger partial charge on any atom is -0.378 e. The van der Waals surface area contributed by atoms with Gasteiger partial charge in [-0.1, -0.05) is 13.3 Å². The lowest BCUT2D eigenvalue weighted by atomic mass is 9.77. The van der Waals surface area contributed by atoms with Crippen LogP contribution in [0.5, 0.6) is 0 Å². The molecule has 0 aromatic heterocycles. The average Bonchev–Trinajstić information content (AvgIpc) is 2.48. The molecular formula is C16H27N3O2. The molecule has 21 heavy (non-hydrogen) atoms. The number of rotatable bonds is 6. The number of ether oxygens (including phenoxy) is 1. The topological polar surface area (TPSA) is 56.6 Å². The Balaban J connectivity index is 1.80. The van der Waals surface area contributed by atoms with E-state index in [0.717, 1.165) is 58.3 Å². The van der Waals surface area contributed by atoms with Crippen LogP contribution in [0.3, 0.4) is 0 Å². The molecule has 0 aromatic carbocycles. The maximum Gasteiger partial charge on any atom is 0.225 e. The van der Waals surface area contributed by atoms with Gasteiger partial charge >= 0.3 is 0 Å². The first-order chi connectivity index (χ1) is 10.1. The Morgan fingerprint density at radius 1 is 1.33 bits per heavy atom. The quantitative estimate of drug-likeness (QED) is 0.749. The number of piperazine rings is 1. The van der Waals surface area contributed by atoms with E-state index in [4.69, 9.17) is 4.74 Å². The fourth-order valence-electron chi connectivity index (χ4n) is 3.30. The van der Waals surface area contributed by atoms with Gasteiger partial charge in [0.1, 0.15) is 0 Å². The van der Waals surface area contributed by atoms with E-state index in [1.807, 2.05) is 4.90 Å². The number of carbonyl (C=O) groups is 1. The zero-order valence-electron chi connectivity index (χ0n) is 13.3. The van der Waals surface area contributed by atoms with Gasteiger partial charge in [-0.25, -0.2) is 0 Å². The van der Waals surface area contributed by atoms with Crippen LogP contribution < -0.4 is 0 Å². The first kappa shape index (κ1) is 16.3. The minimum absolute atomic E-state index is 0.00389. The Morgan fingerprint density at radius 3 is 2.43 bits per heavy atom. The predicted molar refractivity (Wildman–Crippen MR) is 80.7 cm³/mol. The molecule has 0 aromatic rings. The van der Waals surface area contributed by atoms with Crippen molar-refractivity contribution in [2.45, 2.75) is 57.1 Å². The molecule has 1 unspecified atom stereocenters. The largest absolute Gasteiger partial charge is 0.378 e. The van der Waals surface area contributed by atoms with Gasteiger partial charge in [-0.15, -0.1) is 0 Å². The molecule has 0 spiro atoms. The van der Waals surface area contributed by atoms with E-state index >= 15 is 0 Å². The Morgan fingerprint density at radius 2 is 2.00 bits per heavy atom. The average molecular weight is 293 g/mol. The standard InChI is InChI=1S/C16H27N3O2/c1-3-5-14(13-17)18-8-10-19(11-9-18)15(20)12-16(21-2)6-4-7-16/h14H,3-12H2,1-2H3. The predicted octanol–water partition coefficient (Wildman–Crippen LogP) is 1.78. The highest BCUT2D eigenvalue weighted by atomic mass is 16.5. The van der Waals surface area contributed by atoms with Crippen molar-refractivity contribution in [1.29, 1.82) is 5.26 Å². The third kappa shape index (κ3) is 3.75. The number of amides is 1. The second-order valence-electron chi connectivity index (χ2n) is 6.27. The summed E-state index contributed by atoms with van der Waals surface area (Å²) in [5, 5.41) is 9.22. The van der Waals surface area contributed by atoms with Crippen LogP contribution in [0, 0.1) is 11.3 Å². The van der Waals surface area contributed by atoms with Gasteiger partial charge in [0, 0.05) is 33.3 Å². The number of nitriles is 1. The molecule has 0 N–H and O–H groups in total. The minimum atomic E-state index is -0.189. The van der Waals surface area contributed by atoms with Crippen LogP contribution >= 0.6 is 0 Å². The molecule has 2 aliphatic rings. The summed E-state index contributed by atoms with van der Waals surface area (Å²) in [5.41, 5.74) is -0.189. The van der Waals surface area contributed by atoms with E-state index in [-0.39, 0.29) is 17.6 Å². The summed E-state index contributed by atoms with van der Waals surface area (Å²) in [4.78, 5) is 16.6. The van der Waals surface area contributed by atoms with Crippen molar-refractivity contribution in [3.8, 4) is 6.07 Å². The molecule has 1 saturated carbocycles. The molecule has 5 nitrogen and oxygen atoms in total. The van der Waals surface area contributed by atoms with Gasteiger partial charge in [0.05, 0.1) is 24.1 Å². The molecule has 2 fully saturated rings. The smallest absolute Gasteiger partial charge is 0.225 e. The van der Waals surface area contributed by atoms with Crippen LogP contribution in [-0.4, -0.2) is 60.6 Å². The summed E-state index contributed by atoms with van der Waals surface area (Å²) >= 11 is 0. The number of methoxy groups -OCH3 is 1. The first-order valence-electron chi connectivity index (χ1n) is 8.11. The summed E-state index contributed by atoms with van der Waals surface area (Å²) in [6, 6.07) is 2.39. The lowest BCUT2D eigenvalue weighted by Gasteiger charge is -2.42. The van der Waals surface area contributed by atoms with Crippen LogP contribution in [0.15, 0.2) is 0 Å². The Labute approximate surface area is 127 Å². The molecule has 118 valence electrons. The molecule has 0 bridgehead atoms. The molecular weight excluding hydrogens is 266 g/mol. The van der Waals surface area contributed by atoms with Crippen molar-refractivity contribution in [3.63, 3.8) is 0 Å². The van der Waals surface area contributed by atoms with Crippen LogP contribution in [0.4, 0.5) is 0 Å². The Hall–Kier alpha value is -1.12. The summed E-state index contributed by atoms with van der Waals surface area (Å²) in [5.74, 6) is 0.209. The van der Waals surface area contributed by atoms with Gasteiger partial charge in [-0.05, 0) is 25.7 Å². The van der Waals surface area contributed by atoms with Crippen molar-refractivity contribution >= 4 is 5.91 Å². The van der Waals surface area contributed by atoms with Gasteiger partial charge < -0.3 is 9.64 Å². The van der Waals surface area contributed by atoms with Gasteiger partial charge in [-0.2, -0.15) is 5.26 Å². The number of nitrogens with zero attached hydrogens (tertiary/aromatic N) is 3. The van der Waals surface area contributed by atoms with Crippen LogP contribution in [0.1, 0.15) is 45.4 Å². The lowest BCUT2D eigenvalue weighted by Crippen LogP contribution is -2.53. The van der Waals surface area contributed by atoms with Crippen molar-refractivity contribution in [1.82, 2.24) is 9.80 Å². The fourth-order valence-corrected chi connectivity index (χ4v) is 3.30. The summed E-state index contributed by atoms with van der Waals surface area (Å²) in [6.45, 7) is 5.20. The number of hydrogen-bond donors (Lipinski definition) is 0. The molecule has 1 aliphatic carbocycles. The zero-order valence-corrected chi connectivity index (χ0v) is 13.3. The summed E-state index contributed by atoms with van der Waals surface area (Å²) < 4.78 is 5.54. The molecule has 5 heteroatoms. The van der Waals surface area contributed by atoms with E-state index in [1.165, 1.54) is 0 Å². The van der Waals surface area contributed by atoms with Gasteiger partial charge in [0.2, 0.25) is 5.91 Å². The second-order valence-corrected chi connectivity index (χ2v) is 6.27. The number of carbonyl (C=O) groups excluding carboxylic acids is 1. The SMILES string of the molecule is CCCC(C#N)N1CCN(C(=O)CC2(OC)CCC2)CC1. The molecule has 1 aliphatic heterocycles. The van der Waals surface area contributed by atoms with E-state index < -0.39 is 0 Å². The number of hydrogen-bond acceptors (Lipinski definition) is 4. The van der Waals surface area contributed by atoms with Crippen molar-refractivity contribution in [2.75, 3.05) is 33.3 Å². The van der Waals surface area contributed by atoms with E-state index in [1.54, 1.807) is 7.11 Å². The van der Waals surface area contributed by atoms with Crippen LogP contribution in [0.25, 0.3) is 0 Å². The molecule has 1 saturated heterocycles. The van der Waals surface area contributed by atoms with Gasteiger partial charge in [0.15, 0.2) is 0 Å². The normalized spacial score (nSPS) is 23.2. The van der Waals surface area contributed by atoms with E-state index in [9.17, 15) is 10.1 Å². The second kappa shape index (κ2) is 7.24. The molecule has 0 radical (unpaired) electrons. The Kier molecular flexibility index (Phi) is 5.60. The van der Waals surface area contributed by atoms with E-state index in [2.05, 4.69) is 17.9 Å². The highest BCUT2D eigenvalue weighted by molar-refractivity contribution is 5.77. The van der Waals surface area contributed by atoms with Crippen LogP contribution in [-0.2, 0) is 9.53 Å². The first-order valence-corrected chi connectivity index (χ1v) is 8.11. The van der Waals surface area contributed by atoms with Crippen LogP contribution in [0.2, 0.25) is 0 Å². The molecule has 1 heterocycles. The molecule has 1 atom stereocenters. The lowest BCUT2D eigenvalue weighted by molar-refractivity contribution is -0.145. The maximum atomic E-state index is 12.4. The third-order valence-electron chi connectivity index (χ3n) is 4.99. The Bertz CT molecular complexity index is 387. The monoisotopic (exact) mass is 293 g/mol. The third-order valence-corrected chi connectivity index (χ3v) is 4.99. The summed E-state index contributed by atoms with van der Waals surface area (Å²) in [6.07, 6.45) is 5.62. The molecule has 1 amide bonds. The van der Waals surface area contributed by atoms with E-state index in [0.29, 0.717) is 6.42 Å². The maximum absolute atomic E-state index is 12.4. The highest BCUT2D eigenvalue weighted by Gasteiger charge is 2.40. The van der Waals surface area contributed by atoms with Crippen molar-refractivity contribution in [3.05, 3.63) is 0 Å². The van der Waals surface area contributed by atoms with Crippen molar-refractivity contribution in [2.24, 2.45) is 0 Å². The highest BCUT2D eigenvalue weighted by Crippen LogP contribution is 2.38. The zero-order chi connectivity index (χ0) is 15.3. The van der Waals surface area contributed by atoms with Crippen molar-refractivity contribution < 1.29 is 9.53 Å². The molecule has 2 rings (SSSR count). The van der Waals surface area contributed by atoms with Gasteiger partial charge in [-0.3, -0.25) is 9.69 Å². The fraction of sp³-hybridized carbons (Fsp3) is 0.875.